The van der Waals surface area contributed by atoms with Gasteiger partial charge >= 0.3 is 0 Å². The Hall–Kier alpha value is -1.22. The summed E-state index contributed by atoms with van der Waals surface area (Å²) in [5.41, 5.74) is 8.39. The normalized spacial score (nSPS) is 22.4. The van der Waals surface area contributed by atoms with Crippen molar-refractivity contribution in [2.45, 2.75) is 32.2 Å². The van der Waals surface area contributed by atoms with Gasteiger partial charge in [-0.3, -0.25) is 0 Å². The zero-order valence-corrected chi connectivity index (χ0v) is 10.9. The van der Waals surface area contributed by atoms with Crippen LogP contribution >= 0.6 is 0 Å². The second kappa shape index (κ2) is 4.96. The monoisotopic (exact) mass is 234 g/mol. The van der Waals surface area contributed by atoms with Gasteiger partial charge in [0.2, 0.25) is 0 Å². The van der Waals surface area contributed by atoms with E-state index in [2.05, 4.69) is 36.9 Å². The Kier molecular flexibility index (Phi) is 3.57. The van der Waals surface area contributed by atoms with Crippen LogP contribution in [-0.2, 0) is 0 Å². The van der Waals surface area contributed by atoms with E-state index in [-0.39, 0.29) is 0 Å². The molecule has 1 fully saturated rings. The van der Waals surface area contributed by atoms with Crippen molar-refractivity contribution in [3.05, 3.63) is 23.8 Å². The molecule has 0 bridgehead atoms. The van der Waals surface area contributed by atoms with Gasteiger partial charge in [-0.25, -0.2) is 0 Å². The van der Waals surface area contributed by atoms with Gasteiger partial charge in [-0.05, 0) is 31.9 Å². The standard InChI is InChI=1S/C14H22N2O/c1-4-16(5-2)10-6-7-11(12-9-13(12)15)14(8-10)17-3/h6-8,12-13H,4-5,9,15H2,1-3H3/t12-,13+/m0/s1. The molecule has 94 valence electrons. The summed E-state index contributed by atoms with van der Waals surface area (Å²) in [5.74, 6) is 1.48. The predicted octanol–water partition coefficient (Wildman–Crippen LogP) is 2.36. The average molecular weight is 234 g/mol. The number of rotatable bonds is 5. The molecule has 0 aliphatic heterocycles. The fraction of sp³-hybridized carbons (Fsp3) is 0.571. The molecule has 0 unspecified atom stereocenters. The smallest absolute Gasteiger partial charge is 0.124 e. The molecule has 0 saturated heterocycles. The first-order valence-corrected chi connectivity index (χ1v) is 6.39. The predicted molar refractivity (Wildman–Crippen MR) is 71.9 cm³/mol. The number of ether oxygens (including phenoxy) is 1. The molecule has 17 heavy (non-hydrogen) atoms. The molecular weight excluding hydrogens is 212 g/mol. The molecule has 3 heteroatoms. The van der Waals surface area contributed by atoms with Gasteiger partial charge in [0.25, 0.3) is 0 Å². The van der Waals surface area contributed by atoms with Gasteiger partial charge in [0.15, 0.2) is 0 Å². The van der Waals surface area contributed by atoms with E-state index >= 15 is 0 Å². The maximum absolute atomic E-state index is 5.91. The zero-order valence-electron chi connectivity index (χ0n) is 10.9. The van der Waals surface area contributed by atoms with Crippen LogP contribution in [0.2, 0.25) is 0 Å². The lowest BCUT2D eigenvalue weighted by atomic mass is 10.1. The van der Waals surface area contributed by atoms with Crippen LogP contribution in [0.5, 0.6) is 5.75 Å². The summed E-state index contributed by atoms with van der Waals surface area (Å²) < 4.78 is 5.49. The van der Waals surface area contributed by atoms with Gasteiger partial charge in [-0.15, -0.1) is 0 Å². The van der Waals surface area contributed by atoms with Crippen molar-refractivity contribution in [3.63, 3.8) is 0 Å². The van der Waals surface area contributed by atoms with Crippen molar-refractivity contribution < 1.29 is 4.74 Å². The van der Waals surface area contributed by atoms with Crippen molar-refractivity contribution in [3.8, 4) is 5.75 Å². The summed E-state index contributed by atoms with van der Waals surface area (Å²) in [5, 5.41) is 0. The van der Waals surface area contributed by atoms with E-state index in [0.717, 1.165) is 25.3 Å². The van der Waals surface area contributed by atoms with Gasteiger partial charge in [0.1, 0.15) is 5.75 Å². The third-order valence-electron chi connectivity index (χ3n) is 3.58. The summed E-state index contributed by atoms with van der Waals surface area (Å²) in [4.78, 5) is 2.32. The average Bonchev–Trinajstić information content (AvgIpc) is 3.07. The van der Waals surface area contributed by atoms with Crippen LogP contribution in [0.4, 0.5) is 5.69 Å². The van der Waals surface area contributed by atoms with Crippen molar-refractivity contribution in [2.24, 2.45) is 5.73 Å². The largest absolute Gasteiger partial charge is 0.496 e. The lowest BCUT2D eigenvalue weighted by molar-refractivity contribution is 0.409. The number of methoxy groups -OCH3 is 1. The summed E-state index contributed by atoms with van der Waals surface area (Å²) in [7, 11) is 1.73. The minimum atomic E-state index is 0.322. The van der Waals surface area contributed by atoms with E-state index < -0.39 is 0 Å². The van der Waals surface area contributed by atoms with Crippen molar-refractivity contribution in [1.29, 1.82) is 0 Å². The molecule has 1 aromatic rings. The van der Waals surface area contributed by atoms with E-state index in [4.69, 9.17) is 10.5 Å². The number of hydrogen-bond donors (Lipinski definition) is 1. The third kappa shape index (κ3) is 2.39. The first-order chi connectivity index (χ1) is 8.21. The van der Waals surface area contributed by atoms with Crippen LogP contribution < -0.4 is 15.4 Å². The van der Waals surface area contributed by atoms with Gasteiger partial charge in [-0.2, -0.15) is 0 Å². The van der Waals surface area contributed by atoms with Gasteiger partial charge < -0.3 is 15.4 Å². The minimum Gasteiger partial charge on any atom is -0.496 e. The second-order valence-corrected chi connectivity index (χ2v) is 4.60. The van der Waals surface area contributed by atoms with E-state index in [1.165, 1.54) is 11.3 Å². The number of nitrogens with zero attached hydrogens (tertiary/aromatic N) is 1. The number of benzene rings is 1. The first-order valence-electron chi connectivity index (χ1n) is 6.39. The van der Waals surface area contributed by atoms with E-state index in [9.17, 15) is 0 Å². The molecular formula is C14H22N2O. The Morgan fingerprint density at radius 3 is 2.47 bits per heavy atom. The Morgan fingerprint density at radius 2 is 2.00 bits per heavy atom. The molecule has 3 nitrogen and oxygen atoms in total. The van der Waals surface area contributed by atoms with Crippen LogP contribution in [-0.4, -0.2) is 26.2 Å². The first kappa shape index (κ1) is 12.2. The maximum Gasteiger partial charge on any atom is 0.124 e. The summed E-state index contributed by atoms with van der Waals surface area (Å²) >= 11 is 0. The summed E-state index contributed by atoms with van der Waals surface area (Å²) in [6, 6.07) is 6.80. The zero-order chi connectivity index (χ0) is 12.4. The molecule has 0 heterocycles. The lowest BCUT2D eigenvalue weighted by Gasteiger charge is -2.22. The molecule has 1 aromatic carbocycles. The topological polar surface area (TPSA) is 38.5 Å². The van der Waals surface area contributed by atoms with Gasteiger partial charge in [0, 0.05) is 36.8 Å². The SMILES string of the molecule is CCN(CC)c1ccc([C@@H]2C[C@H]2N)c(OC)c1. The molecule has 0 spiro atoms. The van der Waals surface area contributed by atoms with Crippen LogP contribution in [0.3, 0.4) is 0 Å². The van der Waals surface area contributed by atoms with Gasteiger partial charge in [-0.1, -0.05) is 6.07 Å². The molecule has 1 aliphatic rings. The third-order valence-corrected chi connectivity index (χ3v) is 3.58. The Balaban J connectivity index is 2.27. The molecule has 2 N–H and O–H groups in total. The van der Waals surface area contributed by atoms with E-state index in [1.54, 1.807) is 7.11 Å². The maximum atomic E-state index is 5.91. The highest BCUT2D eigenvalue weighted by molar-refractivity contribution is 5.55. The van der Waals surface area contributed by atoms with Gasteiger partial charge in [0.05, 0.1) is 7.11 Å². The van der Waals surface area contributed by atoms with Crippen LogP contribution in [0, 0.1) is 0 Å². The Labute approximate surface area is 104 Å². The molecule has 1 saturated carbocycles. The minimum absolute atomic E-state index is 0.322. The molecule has 0 radical (unpaired) electrons. The Bertz CT molecular complexity index is 388. The highest BCUT2D eigenvalue weighted by atomic mass is 16.5. The van der Waals surface area contributed by atoms with Crippen LogP contribution in [0.15, 0.2) is 18.2 Å². The van der Waals surface area contributed by atoms with Crippen LogP contribution in [0.1, 0.15) is 31.7 Å². The molecule has 0 aromatic heterocycles. The fourth-order valence-electron chi connectivity index (χ4n) is 2.36. The highest BCUT2D eigenvalue weighted by Gasteiger charge is 2.36. The number of hydrogen-bond acceptors (Lipinski definition) is 3. The fourth-order valence-corrected chi connectivity index (χ4v) is 2.36. The number of anilines is 1. The summed E-state index contributed by atoms with van der Waals surface area (Å²) in [6.45, 7) is 6.37. The highest BCUT2D eigenvalue weighted by Crippen LogP contribution is 2.44. The van der Waals surface area contributed by atoms with E-state index in [0.29, 0.717) is 12.0 Å². The lowest BCUT2D eigenvalue weighted by Crippen LogP contribution is -2.21. The van der Waals surface area contributed by atoms with Crippen molar-refractivity contribution >= 4 is 5.69 Å². The molecule has 2 rings (SSSR count). The second-order valence-electron chi connectivity index (χ2n) is 4.60. The van der Waals surface area contributed by atoms with Crippen molar-refractivity contribution in [2.75, 3.05) is 25.1 Å². The Morgan fingerprint density at radius 1 is 1.35 bits per heavy atom. The molecule has 2 atom stereocenters. The number of nitrogens with two attached hydrogens (primary N) is 1. The van der Waals surface area contributed by atoms with Crippen molar-refractivity contribution in [1.82, 2.24) is 0 Å². The van der Waals surface area contributed by atoms with Crippen LogP contribution in [0.25, 0.3) is 0 Å². The van der Waals surface area contributed by atoms with E-state index in [1.807, 2.05) is 0 Å². The quantitative estimate of drug-likeness (QED) is 0.850. The molecule has 1 aliphatic carbocycles. The summed E-state index contributed by atoms with van der Waals surface area (Å²) in [6.07, 6.45) is 1.08. The molecule has 0 amide bonds.